The van der Waals surface area contributed by atoms with Gasteiger partial charge in [0.25, 0.3) is 0 Å². The zero-order chi connectivity index (χ0) is 19.9. The number of benzene rings is 2. The van der Waals surface area contributed by atoms with Gasteiger partial charge in [-0.15, -0.1) is 24.2 Å². The van der Waals surface area contributed by atoms with Crippen LogP contribution in [-0.4, -0.2) is 60.9 Å². The monoisotopic (exact) mass is 463 g/mol. The molecule has 2 heterocycles. The number of carbonyl (C=O) groups excluding carboxylic acids is 1. The molecule has 8 heteroatoms. The summed E-state index contributed by atoms with van der Waals surface area (Å²) >= 11 is 3.17. The second-order valence-corrected chi connectivity index (χ2v) is 8.98. The molecular weight excluding hydrogens is 438 g/mol. The van der Waals surface area contributed by atoms with Gasteiger partial charge in [0.2, 0.25) is 5.91 Å². The molecule has 0 unspecified atom stereocenters. The van der Waals surface area contributed by atoms with E-state index >= 15 is 0 Å². The van der Waals surface area contributed by atoms with E-state index in [0.29, 0.717) is 12.3 Å². The molecule has 1 fully saturated rings. The van der Waals surface area contributed by atoms with E-state index in [-0.39, 0.29) is 18.3 Å². The Hall–Kier alpha value is -1.64. The lowest BCUT2D eigenvalue weighted by atomic mass is 10.3. The molecule has 1 amide bonds. The van der Waals surface area contributed by atoms with Crippen molar-refractivity contribution in [2.24, 2.45) is 0 Å². The highest BCUT2D eigenvalue weighted by Crippen LogP contribution is 2.29. The maximum atomic E-state index is 13.1. The molecule has 5 nitrogen and oxygen atoms in total. The second kappa shape index (κ2) is 11.7. The number of fused-ring (bicyclic) bond motifs is 1. The average molecular weight is 464 g/mol. The van der Waals surface area contributed by atoms with E-state index in [2.05, 4.69) is 11.0 Å². The highest BCUT2D eigenvalue weighted by Gasteiger charge is 2.20. The molecule has 2 aromatic carbocycles. The molecule has 0 spiro atoms. The van der Waals surface area contributed by atoms with E-state index in [9.17, 15) is 4.79 Å². The van der Waals surface area contributed by atoms with Crippen LogP contribution in [0, 0.1) is 0 Å². The van der Waals surface area contributed by atoms with Gasteiger partial charge in [-0.1, -0.05) is 41.7 Å². The lowest BCUT2D eigenvalue weighted by Crippen LogP contribution is -2.39. The number of para-hydroxylation sites is 1. The molecule has 30 heavy (non-hydrogen) atoms. The minimum atomic E-state index is 0. The Labute approximate surface area is 191 Å². The molecule has 160 valence electrons. The van der Waals surface area contributed by atoms with Gasteiger partial charge in [0.15, 0.2) is 5.13 Å². The summed E-state index contributed by atoms with van der Waals surface area (Å²) in [6.07, 6.45) is 0.928. The Bertz CT molecular complexity index is 899. The van der Waals surface area contributed by atoms with Crippen LogP contribution in [0.1, 0.15) is 6.42 Å². The summed E-state index contributed by atoms with van der Waals surface area (Å²) in [6, 6.07) is 18.1. The summed E-state index contributed by atoms with van der Waals surface area (Å²) in [5, 5.41) is 0.798. The van der Waals surface area contributed by atoms with Gasteiger partial charge < -0.3 is 4.74 Å². The van der Waals surface area contributed by atoms with Gasteiger partial charge in [0.1, 0.15) is 0 Å². The van der Waals surface area contributed by atoms with Crippen molar-refractivity contribution in [3.63, 3.8) is 0 Å². The van der Waals surface area contributed by atoms with Crippen LogP contribution in [0.15, 0.2) is 59.5 Å². The Balaban J connectivity index is 0.00000256. The molecule has 0 radical (unpaired) electrons. The summed E-state index contributed by atoms with van der Waals surface area (Å²) in [5.74, 6) is 0.525. The Morgan fingerprint density at radius 2 is 1.83 bits per heavy atom. The average Bonchev–Trinajstić information content (AvgIpc) is 3.20. The lowest BCUT2D eigenvalue weighted by molar-refractivity contribution is -0.116. The number of aromatic nitrogens is 1. The molecular formula is C22H26ClN3O2S2. The van der Waals surface area contributed by atoms with E-state index in [0.717, 1.165) is 59.5 Å². The van der Waals surface area contributed by atoms with Gasteiger partial charge in [-0.05, 0) is 30.7 Å². The number of halogens is 1. The van der Waals surface area contributed by atoms with Crippen molar-refractivity contribution >= 4 is 56.8 Å². The molecule has 1 aliphatic rings. The quantitative estimate of drug-likeness (QED) is 0.458. The predicted octanol–water partition coefficient (Wildman–Crippen LogP) is 4.57. The van der Waals surface area contributed by atoms with Crippen molar-refractivity contribution in [3.8, 4) is 0 Å². The summed E-state index contributed by atoms with van der Waals surface area (Å²) in [5.41, 5.74) is 0.953. The normalized spacial score (nSPS) is 14.4. The third-order valence-corrected chi connectivity index (χ3v) is 6.94. The van der Waals surface area contributed by atoms with Gasteiger partial charge in [-0.3, -0.25) is 14.6 Å². The van der Waals surface area contributed by atoms with Gasteiger partial charge in [-0.25, -0.2) is 4.98 Å². The number of hydrogen-bond donors (Lipinski definition) is 0. The standard InChI is InChI=1S/C22H25N3O2S2.ClH/c26-21(17-28-18-7-2-1-3-8-18)25(12-6-11-24-13-15-27-16-14-24)22-23-19-9-4-5-10-20(19)29-22;/h1-5,7-10H,6,11-17H2;1H. The number of hydrogen-bond acceptors (Lipinski definition) is 6. The minimum absolute atomic E-state index is 0. The van der Waals surface area contributed by atoms with Crippen LogP contribution in [-0.2, 0) is 9.53 Å². The number of anilines is 1. The topological polar surface area (TPSA) is 45.7 Å². The van der Waals surface area contributed by atoms with Gasteiger partial charge in [0, 0.05) is 31.1 Å². The number of thiazole rings is 1. The van der Waals surface area contributed by atoms with Crippen molar-refractivity contribution in [2.75, 3.05) is 50.0 Å². The zero-order valence-corrected chi connectivity index (χ0v) is 19.2. The molecule has 1 saturated heterocycles. The molecule has 3 aromatic rings. The summed E-state index contributed by atoms with van der Waals surface area (Å²) in [7, 11) is 0. The number of morpholine rings is 1. The number of ether oxygens (including phenoxy) is 1. The third kappa shape index (κ3) is 6.18. The van der Waals surface area contributed by atoms with Gasteiger partial charge in [-0.2, -0.15) is 0 Å². The second-order valence-electron chi connectivity index (χ2n) is 6.92. The highest BCUT2D eigenvalue weighted by atomic mass is 35.5. The van der Waals surface area contributed by atoms with Crippen LogP contribution in [0.3, 0.4) is 0 Å². The highest BCUT2D eigenvalue weighted by molar-refractivity contribution is 8.00. The first kappa shape index (κ1) is 23.0. The SMILES string of the molecule is Cl.O=C(CSc1ccccc1)N(CCCN1CCOCC1)c1nc2ccccc2s1. The number of nitrogens with zero attached hydrogens (tertiary/aromatic N) is 3. The van der Waals surface area contributed by atoms with Crippen molar-refractivity contribution in [1.82, 2.24) is 9.88 Å². The molecule has 0 aliphatic carbocycles. The molecule has 0 bridgehead atoms. The van der Waals surface area contributed by atoms with Crippen molar-refractivity contribution in [1.29, 1.82) is 0 Å². The van der Waals surface area contributed by atoms with Crippen LogP contribution in [0.5, 0.6) is 0 Å². The predicted molar refractivity (Wildman–Crippen MR) is 128 cm³/mol. The van der Waals surface area contributed by atoms with Crippen molar-refractivity contribution in [3.05, 3.63) is 54.6 Å². The molecule has 0 N–H and O–H groups in total. The summed E-state index contributed by atoms with van der Waals surface area (Å²) in [6.45, 7) is 5.20. The number of carbonyl (C=O) groups is 1. The molecule has 0 saturated carbocycles. The first-order valence-electron chi connectivity index (χ1n) is 9.93. The van der Waals surface area contributed by atoms with E-state index in [4.69, 9.17) is 9.72 Å². The van der Waals surface area contributed by atoms with Crippen LogP contribution in [0.4, 0.5) is 5.13 Å². The first-order chi connectivity index (χ1) is 14.3. The summed E-state index contributed by atoms with van der Waals surface area (Å²) in [4.78, 5) is 23.2. The molecule has 1 aromatic heterocycles. The van der Waals surface area contributed by atoms with Crippen LogP contribution in [0.2, 0.25) is 0 Å². The maximum absolute atomic E-state index is 13.1. The Morgan fingerprint density at radius 1 is 1.10 bits per heavy atom. The largest absolute Gasteiger partial charge is 0.379 e. The first-order valence-corrected chi connectivity index (χ1v) is 11.7. The fourth-order valence-electron chi connectivity index (χ4n) is 3.32. The van der Waals surface area contributed by atoms with E-state index in [1.165, 1.54) is 0 Å². The van der Waals surface area contributed by atoms with Gasteiger partial charge in [0.05, 0.1) is 29.2 Å². The fourth-order valence-corrected chi connectivity index (χ4v) is 5.12. The van der Waals surface area contributed by atoms with Crippen LogP contribution in [0.25, 0.3) is 10.2 Å². The smallest absolute Gasteiger partial charge is 0.239 e. The molecule has 0 atom stereocenters. The third-order valence-electron chi connectivity index (χ3n) is 4.88. The number of thioether (sulfide) groups is 1. The fraction of sp³-hybridized carbons (Fsp3) is 0.364. The van der Waals surface area contributed by atoms with E-state index in [1.54, 1.807) is 23.1 Å². The van der Waals surface area contributed by atoms with Crippen LogP contribution < -0.4 is 4.90 Å². The van der Waals surface area contributed by atoms with Gasteiger partial charge >= 0.3 is 0 Å². The zero-order valence-electron chi connectivity index (χ0n) is 16.7. The van der Waals surface area contributed by atoms with Crippen LogP contribution >= 0.6 is 35.5 Å². The summed E-state index contributed by atoms with van der Waals surface area (Å²) < 4.78 is 6.54. The van der Waals surface area contributed by atoms with Crippen molar-refractivity contribution in [2.45, 2.75) is 11.3 Å². The number of amides is 1. The van der Waals surface area contributed by atoms with E-state index < -0.39 is 0 Å². The lowest BCUT2D eigenvalue weighted by Gasteiger charge is -2.27. The molecule has 4 rings (SSSR count). The Morgan fingerprint density at radius 3 is 2.60 bits per heavy atom. The van der Waals surface area contributed by atoms with Crippen molar-refractivity contribution < 1.29 is 9.53 Å². The Kier molecular flexibility index (Phi) is 8.96. The minimum Gasteiger partial charge on any atom is -0.379 e. The van der Waals surface area contributed by atoms with E-state index in [1.807, 2.05) is 53.4 Å². The maximum Gasteiger partial charge on any atom is 0.239 e. The number of rotatable bonds is 8. The molecule has 1 aliphatic heterocycles.